The van der Waals surface area contributed by atoms with Crippen molar-refractivity contribution < 1.29 is 9.53 Å². The number of carbonyl (C=O) groups is 1. The summed E-state index contributed by atoms with van der Waals surface area (Å²) < 4.78 is 7.93. The molecule has 7 nitrogen and oxygen atoms in total. The topological polar surface area (TPSA) is 63.5 Å². The fourth-order valence-corrected chi connectivity index (χ4v) is 3.63. The molecule has 0 bridgehead atoms. The van der Waals surface area contributed by atoms with Crippen molar-refractivity contribution in [3.8, 4) is 11.6 Å². The molecule has 1 amide bonds. The van der Waals surface area contributed by atoms with E-state index in [1.807, 2.05) is 58.3 Å². The molecule has 0 atom stereocenters. The molecule has 1 aliphatic heterocycles. The van der Waals surface area contributed by atoms with Gasteiger partial charge in [-0.15, -0.1) is 10.2 Å². The van der Waals surface area contributed by atoms with Gasteiger partial charge in [0.05, 0.1) is 12.7 Å². The second-order valence-corrected chi connectivity index (χ2v) is 7.32. The summed E-state index contributed by atoms with van der Waals surface area (Å²) in [5, 5.41) is 8.65. The van der Waals surface area contributed by atoms with Gasteiger partial charge in [-0.25, -0.2) is 0 Å². The Kier molecular flexibility index (Phi) is 5.29. The summed E-state index contributed by atoms with van der Waals surface area (Å²) in [6, 6.07) is 13.3. The van der Waals surface area contributed by atoms with Crippen molar-refractivity contribution in [3.05, 3.63) is 64.9 Å². The number of aromatic nitrogens is 3. The van der Waals surface area contributed by atoms with Gasteiger partial charge in [0.1, 0.15) is 5.75 Å². The number of methoxy groups -OCH3 is 1. The van der Waals surface area contributed by atoms with Crippen LogP contribution in [0, 0.1) is 0 Å². The third-order valence-electron chi connectivity index (χ3n) is 4.80. The molecule has 0 radical (unpaired) electrons. The minimum absolute atomic E-state index is 0.000495. The highest BCUT2D eigenvalue weighted by Crippen LogP contribution is 2.24. The molecule has 1 saturated heterocycles. The number of anilines is 1. The van der Waals surface area contributed by atoms with Crippen LogP contribution in [0.25, 0.3) is 5.82 Å². The van der Waals surface area contributed by atoms with Crippen LogP contribution >= 0.6 is 15.9 Å². The van der Waals surface area contributed by atoms with Gasteiger partial charge in [0.2, 0.25) is 0 Å². The second-order valence-electron chi connectivity index (χ2n) is 6.47. The molecule has 4 rings (SSSR count). The number of ether oxygens (including phenoxy) is 1. The Bertz CT molecular complexity index is 951. The van der Waals surface area contributed by atoms with E-state index in [2.05, 4.69) is 31.0 Å². The van der Waals surface area contributed by atoms with Crippen LogP contribution in [0.15, 0.2) is 59.3 Å². The fraction of sp³-hybridized carbons (Fsp3) is 0.250. The summed E-state index contributed by atoms with van der Waals surface area (Å²) in [7, 11) is 1.60. The van der Waals surface area contributed by atoms with Gasteiger partial charge >= 0.3 is 0 Å². The predicted octanol–water partition coefficient (Wildman–Crippen LogP) is 3.00. The monoisotopic (exact) mass is 441 g/mol. The number of hydrogen-bond donors (Lipinski definition) is 0. The molecular formula is C20H20BrN5O2. The van der Waals surface area contributed by atoms with Gasteiger partial charge in [-0.1, -0.05) is 0 Å². The molecule has 0 saturated carbocycles. The SMILES string of the molecule is COc1ccc(Br)c(C(=O)N2CCN(c3ccc(-n4cccc4)nn3)CC2)c1. The molecule has 0 spiro atoms. The average Bonchev–Trinajstić information content (AvgIpc) is 3.29. The van der Waals surface area contributed by atoms with Crippen LogP contribution in [-0.4, -0.2) is 58.9 Å². The standard InChI is InChI=1S/C20H20BrN5O2/c1-28-15-4-5-17(21)16(14-15)20(27)26-12-10-25(11-13-26)19-7-6-18(22-23-19)24-8-2-3-9-24/h2-9,14H,10-13H2,1H3. The molecule has 0 unspecified atom stereocenters. The third-order valence-corrected chi connectivity index (χ3v) is 5.49. The predicted molar refractivity (Wildman–Crippen MR) is 110 cm³/mol. The lowest BCUT2D eigenvalue weighted by molar-refractivity contribution is 0.0745. The first-order chi connectivity index (χ1) is 13.7. The molecule has 1 aromatic carbocycles. The van der Waals surface area contributed by atoms with Gasteiger partial charge in [0.15, 0.2) is 11.6 Å². The normalized spacial score (nSPS) is 14.2. The van der Waals surface area contributed by atoms with Gasteiger partial charge in [-0.05, 0) is 58.4 Å². The Hall–Kier alpha value is -2.87. The van der Waals surface area contributed by atoms with Crippen LogP contribution in [0.1, 0.15) is 10.4 Å². The van der Waals surface area contributed by atoms with E-state index in [1.54, 1.807) is 13.2 Å². The highest BCUT2D eigenvalue weighted by molar-refractivity contribution is 9.10. The van der Waals surface area contributed by atoms with Crippen molar-refractivity contribution >= 4 is 27.7 Å². The van der Waals surface area contributed by atoms with Crippen LogP contribution in [0.4, 0.5) is 5.82 Å². The Balaban J connectivity index is 1.41. The van der Waals surface area contributed by atoms with E-state index in [9.17, 15) is 4.79 Å². The maximum atomic E-state index is 12.9. The number of amides is 1. The summed E-state index contributed by atoms with van der Waals surface area (Å²) in [6.07, 6.45) is 3.87. The number of nitrogens with zero attached hydrogens (tertiary/aromatic N) is 5. The third kappa shape index (κ3) is 3.73. The zero-order valence-corrected chi connectivity index (χ0v) is 17.0. The fourth-order valence-electron chi connectivity index (χ4n) is 3.22. The zero-order valence-electron chi connectivity index (χ0n) is 15.5. The number of halogens is 1. The zero-order chi connectivity index (χ0) is 19.5. The van der Waals surface area contributed by atoms with E-state index >= 15 is 0 Å². The molecule has 1 aliphatic rings. The Morgan fingerprint density at radius 3 is 2.32 bits per heavy atom. The van der Waals surface area contributed by atoms with Gasteiger partial charge < -0.3 is 19.1 Å². The van der Waals surface area contributed by atoms with E-state index in [1.165, 1.54) is 0 Å². The first-order valence-corrected chi connectivity index (χ1v) is 9.80. The number of rotatable bonds is 4. The van der Waals surface area contributed by atoms with Gasteiger partial charge in [-0.2, -0.15) is 0 Å². The van der Waals surface area contributed by atoms with Crippen molar-refractivity contribution in [1.82, 2.24) is 19.7 Å². The molecular weight excluding hydrogens is 422 g/mol. The highest BCUT2D eigenvalue weighted by atomic mass is 79.9. The molecule has 0 aliphatic carbocycles. The second kappa shape index (κ2) is 8.02. The first kappa shape index (κ1) is 18.5. The lowest BCUT2D eigenvalue weighted by Gasteiger charge is -2.35. The number of benzene rings is 1. The smallest absolute Gasteiger partial charge is 0.255 e. The molecule has 0 N–H and O–H groups in total. The first-order valence-electron chi connectivity index (χ1n) is 9.00. The summed E-state index contributed by atoms with van der Waals surface area (Å²) in [5.74, 6) is 2.28. The summed E-state index contributed by atoms with van der Waals surface area (Å²) in [5.41, 5.74) is 0.615. The maximum Gasteiger partial charge on any atom is 0.255 e. The minimum atomic E-state index is -0.000495. The van der Waals surface area contributed by atoms with Crippen molar-refractivity contribution in [2.45, 2.75) is 0 Å². The lowest BCUT2D eigenvalue weighted by Crippen LogP contribution is -2.49. The molecule has 3 heterocycles. The Morgan fingerprint density at radius 1 is 1.00 bits per heavy atom. The molecule has 8 heteroatoms. The van der Waals surface area contributed by atoms with Crippen LogP contribution in [-0.2, 0) is 0 Å². The van der Waals surface area contributed by atoms with Crippen LogP contribution in [0.2, 0.25) is 0 Å². The lowest BCUT2D eigenvalue weighted by atomic mass is 10.1. The van der Waals surface area contributed by atoms with Crippen molar-refractivity contribution in [2.75, 3.05) is 38.2 Å². The summed E-state index contributed by atoms with van der Waals surface area (Å²) in [6.45, 7) is 2.68. The number of hydrogen-bond acceptors (Lipinski definition) is 5. The molecule has 28 heavy (non-hydrogen) atoms. The van der Waals surface area contributed by atoms with Crippen molar-refractivity contribution in [1.29, 1.82) is 0 Å². The van der Waals surface area contributed by atoms with Crippen LogP contribution in [0.5, 0.6) is 5.75 Å². The Morgan fingerprint density at radius 2 is 1.68 bits per heavy atom. The highest BCUT2D eigenvalue weighted by Gasteiger charge is 2.24. The minimum Gasteiger partial charge on any atom is -0.497 e. The largest absolute Gasteiger partial charge is 0.497 e. The quantitative estimate of drug-likeness (QED) is 0.622. The summed E-state index contributed by atoms with van der Waals surface area (Å²) >= 11 is 3.46. The number of carbonyl (C=O) groups excluding carboxylic acids is 1. The van der Waals surface area contributed by atoms with E-state index < -0.39 is 0 Å². The van der Waals surface area contributed by atoms with E-state index in [0.717, 1.165) is 16.1 Å². The van der Waals surface area contributed by atoms with E-state index in [-0.39, 0.29) is 5.91 Å². The molecule has 144 valence electrons. The Labute approximate surface area is 171 Å². The van der Waals surface area contributed by atoms with Crippen molar-refractivity contribution in [2.24, 2.45) is 0 Å². The van der Waals surface area contributed by atoms with E-state index in [4.69, 9.17) is 4.74 Å². The van der Waals surface area contributed by atoms with Gasteiger partial charge in [-0.3, -0.25) is 4.79 Å². The average molecular weight is 442 g/mol. The molecule has 2 aromatic heterocycles. The van der Waals surface area contributed by atoms with E-state index in [0.29, 0.717) is 37.5 Å². The van der Waals surface area contributed by atoms with Crippen LogP contribution < -0.4 is 9.64 Å². The molecule has 1 fully saturated rings. The van der Waals surface area contributed by atoms with Crippen LogP contribution in [0.3, 0.4) is 0 Å². The number of piperazine rings is 1. The van der Waals surface area contributed by atoms with Gasteiger partial charge in [0.25, 0.3) is 5.91 Å². The summed E-state index contributed by atoms with van der Waals surface area (Å²) in [4.78, 5) is 16.9. The van der Waals surface area contributed by atoms with Gasteiger partial charge in [0, 0.05) is 43.0 Å². The maximum absolute atomic E-state index is 12.9. The molecule has 3 aromatic rings. The van der Waals surface area contributed by atoms with Crippen molar-refractivity contribution in [3.63, 3.8) is 0 Å².